The fourth-order valence-electron chi connectivity index (χ4n) is 2.06. The highest BCUT2D eigenvalue weighted by Crippen LogP contribution is 2.52. The second-order valence-corrected chi connectivity index (χ2v) is 8.07. The van der Waals surface area contributed by atoms with Gasteiger partial charge in [-0.05, 0) is 37.4 Å². The second-order valence-electron chi connectivity index (χ2n) is 5.20. The van der Waals surface area contributed by atoms with Crippen LogP contribution in [0.4, 0.5) is 0 Å². The zero-order chi connectivity index (χ0) is 15.5. The van der Waals surface area contributed by atoms with Crippen LogP contribution in [0.15, 0.2) is 34.1 Å². The Morgan fingerprint density at radius 2 is 2.05 bits per heavy atom. The molecule has 1 fully saturated rings. The molecule has 7 heteroatoms. The summed E-state index contributed by atoms with van der Waals surface area (Å²) in [6.07, 6.45) is 2.36. The Labute approximate surface area is 129 Å². The number of benzene rings is 1. The number of methoxy groups -OCH3 is 1. The molecule has 0 heterocycles. The molecule has 1 aromatic rings. The van der Waals surface area contributed by atoms with E-state index < -0.39 is 10.0 Å². The Bertz CT molecular complexity index is 624. The first-order valence-electron chi connectivity index (χ1n) is 6.65. The summed E-state index contributed by atoms with van der Waals surface area (Å²) in [5.41, 5.74) is -0.0335. The maximum Gasteiger partial charge on any atom is 0.306 e. The topological polar surface area (TPSA) is 72.5 Å². The molecule has 1 saturated carbocycles. The standard InChI is InChI=1S/C14H19NO4S2/c1-15-21(17,18)12-6-4-3-5-11(12)20-10-14(7-8-14)9-13(16)19-2/h3-6,15H,7-10H2,1-2H3. The highest BCUT2D eigenvalue weighted by Gasteiger charge is 2.44. The molecule has 0 spiro atoms. The van der Waals surface area contributed by atoms with Gasteiger partial charge in [0.05, 0.1) is 18.4 Å². The van der Waals surface area contributed by atoms with Gasteiger partial charge in [-0.3, -0.25) is 4.79 Å². The number of hydrogen-bond donors (Lipinski definition) is 1. The first-order valence-corrected chi connectivity index (χ1v) is 9.11. The molecule has 0 amide bonds. The van der Waals surface area contributed by atoms with E-state index in [1.54, 1.807) is 18.2 Å². The quantitative estimate of drug-likeness (QED) is 0.612. The molecule has 0 bridgehead atoms. The first kappa shape index (κ1) is 16.3. The molecule has 5 nitrogen and oxygen atoms in total. The van der Waals surface area contributed by atoms with Crippen molar-refractivity contribution in [1.29, 1.82) is 0 Å². The van der Waals surface area contributed by atoms with Gasteiger partial charge >= 0.3 is 5.97 Å². The second kappa shape index (κ2) is 6.37. The Morgan fingerprint density at radius 1 is 1.38 bits per heavy atom. The largest absolute Gasteiger partial charge is 0.469 e. The van der Waals surface area contributed by atoms with Crippen LogP contribution in [0.25, 0.3) is 0 Å². The molecule has 1 N–H and O–H groups in total. The van der Waals surface area contributed by atoms with Crippen LogP contribution in [-0.2, 0) is 19.6 Å². The number of thioether (sulfide) groups is 1. The van der Waals surface area contributed by atoms with E-state index in [1.165, 1.54) is 25.9 Å². The summed E-state index contributed by atoms with van der Waals surface area (Å²) in [6.45, 7) is 0. The van der Waals surface area contributed by atoms with E-state index in [0.29, 0.717) is 11.3 Å². The molecule has 2 rings (SSSR count). The maximum atomic E-state index is 12.0. The number of rotatable bonds is 7. The van der Waals surface area contributed by atoms with Crippen molar-refractivity contribution in [2.24, 2.45) is 5.41 Å². The van der Waals surface area contributed by atoms with E-state index in [1.807, 2.05) is 6.07 Å². The molecule has 1 aliphatic carbocycles. The third-order valence-electron chi connectivity index (χ3n) is 3.65. The van der Waals surface area contributed by atoms with Gasteiger partial charge in [0, 0.05) is 10.6 Å². The zero-order valence-electron chi connectivity index (χ0n) is 12.1. The smallest absolute Gasteiger partial charge is 0.306 e. The van der Waals surface area contributed by atoms with Crippen molar-refractivity contribution in [2.45, 2.75) is 29.1 Å². The van der Waals surface area contributed by atoms with Crippen LogP contribution in [0, 0.1) is 5.41 Å². The van der Waals surface area contributed by atoms with Crippen molar-refractivity contribution in [2.75, 3.05) is 19.9 Å². The van der Waals surface area contributed by atoms with Gasteiger partial charge in [-0.15, -0.1) is 11.8 Å². The van der Waals surface area contributed by atoms with Crippen LogP contribution in [0.1, 0.15) is 19.3 Å². The maximum absolute atomic E-state index is 12.0. The van der Waals surface area contributed by atoms with Crippen molar-refractivity contribution < 1.29 is 17.9 Å². The molecular weight excluding hydrogens is 310 g/mol. The van der Waals surface area contributed by atoms with Gasteiger partial charge in [0.15, 0.2) is 0 Å². The van der Waals surface area contributed by atoms with Crippen molar-refractivity contribution in [1.82, 2.24) is 4.72 Å². The fourth-order valence-corrected chi connectivity index (χ4v) is 4.61. The van der Waals surface area contributed by atoms with E-state index in [9.17, 15) is 13.2 Å². The highest BCUT2D eigenvalue weighted by atomic mass is 32.2. The summed E-state index contributed by atoms with van der Waals surface area (Å²) in [4.78, 5) is 12.4. The molecular formula is C14H19NO4S2. The van der Waals surface area contributed by atoms with Crippen molar-refractivity contribution in [3.63, 3.8) is 0 Å². The summed E-state index contributed by atoms with van der Waals surface area (Å²) >= 11 is 1.48. The predicted molar refractivity (Wildman–Crippen MR) is 81.7 cm³/mol. The Balaban J connectivity index is 2.10. The lowest BCUT2D eigenvalue weighted by Gasteiger charge is -2.15. The lowest BCUT2D eigenvalue weighted by Crippen LogP contribution is -2.19. The highest BCUT2D eigenvalue weighted by molar-refractivity contribution is 8.00. The summed E-state index contributed by atoms with van der Waals surface area (Å²) in [5.74, 6) is 0.516. The number of hydrogen-bond acceptors (Lipinski definition) is 5. The van der Waals surface area contributed by atoms with E-state index in [4.69, 9.17) is 4.74 Å². The molecule has 0 radical (unpaired) electrons. The Kier molecular flexibility index (Phi) is 4.95. The lowest BCUT2D eigenvalue weighted by atomic mass is 10.1. The predicted octanol–water partition coefficient (Wildman–Crippen LogP) is 2.03. The van der Waals surface area contributed by atoms with E-state index in [0.717, 1.165) is 18.6 Å². The van der Waals surface area contributed by atoms with Crippen LogP contribution in [-0.4, -0.2) is 34.3 Å². The minimum absolute atomic E-state index is 0.0335. The third kappa shape index (κ3) is 3.99. The number of carbonyl (C=O) groups is 1. The number of esters is 1. The van der Waals surface area contributed by atoms with Crippen LogP contribution in [0.3, 0.4) is 0 Å². The van der Waals surface area contributed by atoms with Crippen molar-refractivity contribution in [3.8, 4) is 0 Å². The van der Waals surface area contributed by atoms with Crippen LogP contribution in [0.5, 0.6) is 0 Å². The van der Waals surface area contributed by atoms with E-state index in [-0.39, 0.29) is 16.3 Å². The van der Waals surface area contributed by atoms with Gasteiger partial charge in [0.2, 0.25) is 10.0 Å². The fraction of sp³-hybridized carbons (Fsp3) is 0.500. The SMILES string of the molecule is CNS(=O)(=O)c1ccccc1SCC1(CC(=O)OC)CC1. The van der Waals surface area contributed by atoms with Crippen LogP contribution in [0.2, 0.25) is 0 Å². The summed E-state index contributed by atoms with van der Waals surface area (Å²) in [7, 11) is -0.678. The molecule has 0 unspecified atom stereocenters. The molecule has 0 aromatic heterocycles. The molecule has 0 saturated heterocycles. The number of ether oxygens (including phenoxy) is 1. The van der Waals surface area contributed by atoms with E-state index in [2.05, 4.69) is 4.72 Å². The minimum atomic E-state index is -3.47. The zero-order valence-corrected chi connectivity index (χ0v) is 13.7. The summed E-state index contributed by atoms with van der Waals surface area (Å²) in [5, 5.41) is 0. The average molecular weight is 329 g/mol. The normalized spacial score (nSPS) is 16.5. The molecule has 116 valence electrons. The molecule has 21 heavy (non-hydrogen) atoms. The Hall–Kier alpha value is -1.05. The van der Waals surface area contributed by atoms with Crippen molar-refractivity contribution >= 4 is 27.8 Å². The summed E-state index contributed by atoms with van der Waals surface area (Å²) in [6, 6.07) is 6.91. The monoisotopic (exact) mass is 329 g/mol. The molecule has 1 aromatic carbocycles. The minimum Gasteiger partial charge on any atom is -0.469 e. The molecule has 0 aliphatic heterocycles. The van der Waals surface area contributed by atoms with Gasteiger partial charge in [-0.25, -0.2) is 13.1 Å². The third-order valence-corrected chi connectivity index (χ3v) is 6.67. The van der Waals surface area contributed by atoms with Gasteiger partial charge < -0.3 is 4.74 Å². The van der Waals surface area contributed by atoms with Crippen LogP contribution >= 0.6 is 11.8 Å². The lowest BCUT2D eigenvalue weighted by molar-refractivity contribution is -0.141. The van der Waals surface area contributed by atoms with Crippen molar-refractivity contribution in [3.05, 3.63) is 24.3 Å². The first-order chi connectivity index (χ1) is 9.92. The number of carbonyl (C=O) groups excluding carboxylic acids is 1. The van der Waals surface area contributed by atoms with Gasteiger partial charge in [-0.1, -0.05) is 12.1 Å². The van der Waals surface area contributed by atoms with Gasteiger partial charge in [0.1, 0.15) is 0 Å². The molecule has 1 aliphatic rings. The average Bonchev–Trinajstić information content (AvgIpc) is 3.25. The van der Waals surface area contributed by atoms with Crippen LogP contribution < -0.4 is 4.72 Å². The number of sulfonamides is 1. The molecule has 0 atom stereocenters. The number of nitrogens with one attached hydrogen (secondary N) is 1. The van der Waals surface area contributed by atoms with Gasteiger partial charge in [0.25, 0.3) is 0 Å². The summed E-state index contributed by atoms with van der Waals surface area (Å²) < 4.78 is 31.0. The van der Waals surface area contributed by atoms with Gasteiger partial charge in [-0.2, -0.15) is 0 Å². The van der Waals surface area contributed by atoms with E-state index >= 15 is 0 Å². The Morgan fingerprint density at radius 3 is 2.62 bits per heavy atom.